The van der Waals surface area contributed by atoms with Gasteiger partial charge in [0.25, 0.3) is 0 Å². The van der Waals surface area contributed by atoms with Crippen molar-refractivity contribution in [3.63, 3.8) is 0 Å². The third-order valence-corrected chi connectivity index (χ3v) is 4.96. The molecular formula is C20H22N4O3S. The molecule has 28 heavy (non-hydrogen) atoms. The molecule has 0 unspecified atom stereocenters. The van der Waals surface area contributed by atoms with Gasteiger partial charge in [-0.3, -0.25) is 9.89 Å². The summed E-state index contributed by atoms with van der Waals surface area (Å²) < 4.78 is 10.4. The highest BCUT2D eigenvalue weighted by Gasteiger charge is 2.13. The maximum Gasteiger partial charge on any atom is 0.233 e. The summed E-state index contributed by atoms with van der Waals surface area (Å²) in [7, 11) is 5.03. The van der Waals surface area contributed by atoms with E-state index in [1.807, 2.05) is 48.5 Å². The van der Waals surface area contributed by atoms with E-state index in [-0.39, 0.29) is 11.7 Å². The first-order chi connectivity index (χ1) is 13.6. The fraction of sp³-hybridized carbons (Fsp3) is 0.250. The second-order valence-electron chi connectivity index (χ2n) is 6.09. The molecule has 0 aliphatic carbocycles. The van der Waals surface area contributed by atoms with Crippen LogP contribution in [0, 0.1) is 0 Å². The van der Waals surface area contributed by atoms with Crippen LogP contribution in [0.4, 0.5) is 0 Å². The zero-order chi connectivity index (χ0) is 19.9. The maximum absolute atomic E-state index is 12.4. The molecule has 0 saturated carbocycles. The van der Waals surface area contributed by atoms with Crippen molar-refractivity contribution in [1.29, 1.82) is 0 Å². The van der Waals surface area contributed by atoms with Crippen molar-refractivity contribution in [2.24, 2.45) is 0 Å². The van der Waals surface area contributed by atoms with Gasteiger partial charge < -0.3 is 14.4 Å². The predicted molar refractivity (Wildman–Crippen MR) is 109 cm³/mol. The number of hydrogen-bond donors (Lipinski definition) is 1. The summed E-state index contributed by atoms with van der Waals surface area (Å²) in [5.41, 5.74) is 1.92. The molecular weight excluding hydrogens is 376 g/mol. The van der Waals surface area contributed by atoms with E-state index in [1.54, 1.807) is 26.2 Å². The van der Waals surface area contributed by atoms with Crippen LogP contribution in [0.1, 0.15) is 5.56 Å². The second-order valence-corrected chi connectivity index (χ2v) is 7.03. The summed E-state index contributed by atoms with van der Waals surface area (Å²) in [6, 6.07) is 15.2. The quantitative estimate of drug-likeness (QED) is 0.587. The van der Waals surface area contributed by atoms with Crippen LogP contribution < -0.4 is 9.47 Å². The summed E-state index contributed by atoms with van der Waals surface area (Å²) in [6.07, 6.45) is 0. The first-order valence-corrected chi connectivity index (χ1v) is 9.64. The zero-order valence-electron chi connectivity index (χ0n) is 16.0. The van der Waals surface area contributed by atoms with Crippen LogP contribution in [0.15, 0.2) is 53.7 Å². The average molecular weight is 398 g/mol. The molecule has 3 rings (SSSR count). The third-order valence-electron chi connectivity index (χ3n) is 4.13. The number of methoxy groups -OCH3 is 2. The second kappa shape index (κ2) is 9.27. The fourth-order valence-corrected chi connectivity index (χ4v) is 3.30. The number of thioether (sulfide) groups is 1. The summed E-state index contributed by atoms with van der Waals surface area (Å²) >= 11 is 1.30. The van der Waals surface area contributed by atoms with Gasteiger partial charge in [0.15, 0.2) is 5.82 Å². The van der Waals surface area contributed by atoms with E-state index in [1.165, 1.54) is 11.8 Å². The first kappa shape index (κ1) is 19.8. The number of ether oxygens (including phenoxy) is 2. The number of aromatic nitrogens is 3. The van der Waals surface area contributed by atoms with Crippen LogP contribution in [0.25, 0.3) is 11.4 Å². The van der Waals surface area contributed by atoms with E-state index < -0.39 is 0 Å². The molecule has 0 aliphatic rings. The Morgan fingerprint density at radius 2 is 1.86 bits per heavy atom. The van der Waals surface area contributed by atoms with E-state index in [9.17, 15) is 4.79 Å². The minimum Gasteiger partial charge on any atom is -0.497 e. The fourth-order valence-electron chi connectivity index (χ4n) is 2.56. The molecule has 8 heteroatoms. The lowest BCUT2D eigenvalue weighted by molar-refractivity contribution is -0.127. The molecule has 7 nitrogen and oxygen atoms in total. The van der Waals surface area contributed by atoms with Crippen molar-refractivity contribution < 1.29 is 14.3 Å². The van der Waals surface area contributed by atoms with Gasteiger partial charge in [-0.05, 0) is 42.0 Å². The van der Waals surface area contributed by atoms with E-state index in [0.29, 0.717) is 17.5 Å². The summed E-state index contributed by atoms with van der Waals surface area (Å²) in [6.45, 7) is 0.516. The van der Waals surface area contributed by atoms with Crippen molar-refractivity contribution in [3.05, 3.63) is 54.1 Å². The van der Waals surface area contributed by atoms with Gasteiger partial charge >= 0.3 is 0 Å². The number of hydrogen-bond acceptors (Lipinski definition) is 6. The van der Waals surface area contributed by atoms with Gasteiger partial charge in [0.1, 0.15) is 11.5 Å². The van der Waals surface area contributed by atoms with Gasteiger partial charge in [-0.15, -0.1) is 5.10 Å². The third kappa shape index (κ3) is 5.04. The van der Waals surface area contributed by atoms with Gasteiger partial charge in [-0.1, -0.05) is 23.9 Å². The Hall–Kier alpha value is -3.00. The molecule has 0 spiro atoms. The highest BCUT2D eigenvalue weighted by Crippen LogP contribution is 2.22. The SMILES string of the molecule is COc1ccc(-c2nc(SCC(=O)N(C)Cc3cccc(OC)c3)n[nH]2)cc1. The molecule has 0 bridgehead atoms. The lowest BCUT2D eigenvalue weighted by Gasteiger charge is -2.17. The molecule has 0 fully saturated rings. The van der Waals surface area contributed by atoms with Crippen molar-refractivity contribution in [3.8, 4) is 22.9 Å². The van der Waals surface area contributed by atoms with Gasteiger partial charge in [0.2, 0.25) is 11.1 Å². The standard InChI is InChI=1S/C20H22N4O3S/c1-24(12-14-5-4-6-17(11-14)27-3)18(25)13-28-20-21-19(22-23-20)15-7-9-16(26-2)10-8-15/h4-11H,12-13H2,1-3H3,(H,21,22,23). The topological polar surface area (TPSA) is 80.3 Å². The van der Waals surface area contributed by atoms with Crippen molar-refractivity contribution in [1.82, 2.24) is 20.1 Å². The number of benzene rings is 2. The molecule has 0 saturated heterocycles. The van der Waals surface area contributed by atoms with Gasteiger partial charge in [0, 0.05) is 19.2 Å². The van der Waals surface area contributed by atoms with E-state index in [0.717, 1.165) is 22.6 Å². The van der Waals surface area contributed by atoms with E-state index >= 15 is 0 Å². The van der Waals surface area contributed by atoms with Gasteiger partial charge in [-0.25, -0.2) is 4.98 Å². The molecule has 1 heterocycles. The van der Waals surface area contributed by atoms with Crippen LogP contribution in [-0.2, 0) is 11.3 Å². The molecule has 1 amide bonds. The smallest absolute Gasteiger partial charge is 0.233 e. The number of nitrogens with one attached hydrogen (secondary N) is 1. The summed E-state index contributed by atoms with van der Waals surface area (Å²) in [5, 5.41) is 7.62. The highest BCUT2D eigenvalue weighted by molar-refractivity contribution is 7.99. The predicted octanol–water partition coefficient (Wildman–Crippen LogP) is 3.24. The normalized spacial score (nSPS) is 10.5. The van der Waals surface area contributed by atoms with Gasteiger partial charge in [-0.2, -0.15) is 0 Å². The molecule has 0 atom stereocenters. The Balaban J connectivity index is 1.54. The molecule has 146 valence electrons. The Labute approximate surface area is 168 Å². The van der Waals surface area contributed by atoms with Crippen LogP contribution in [0.2, 0.25) is 0 Å². The number of carbonyl (C=O) groups excluding carboxylic acids is 1. The number of rotatable bonds is 8. The summed E-state index contributed by atoms with van der Waals surface area (Å²) in [5.74, 6) is 2.48. The van der Waals surface area contributed by atoms with Crippen LogP contribution >= 0.6 is 11.8 Å². The number of nitrogens with zero attached hydrogens (tertiary/aromatic N) is 3. The Morgan fingerprint density at radius 3 is 2.57 bits per heavy atom. The number of H-pyrrole nitrogens is 1. The van der Waals surface area contributed by atoms with Crippen molar-refractivity contribution >= 4 is 17.7 Å². The Morgan fingerprint density at radius 1 is 1.11 bits per heavy atom. The molecule has 1 aromatic heterocycles. The molecule has 2 aromatic carbocycles. The Kier molecular flexibility index (Phi) is 6.54. The van der Waals surface area contributed by atoms with E-state index in [4.69, 9.17) is 9.47 Å². The lowest BCUT2D eigenvalue weighted by Crippen LogP contribution is -2.27. The highest BCUT2D eigenvalue weighted by atomic mass is 32.2. The van der Waals surface area contributed by atoms with Crippen molar-refractivity contribution in [2.75, 3.05) is 27.0 Å². The van der Waals surface area contributed by atoms with Crippen LogP contribution in [0.3, 0.4) is 0 Å². The van der Waals surface area contributed by atoms with E-state index in [2.05, 4.69) is 15.2 Å². The number of amides is 1. The minimum absolute atomic E-state index is 0.00335. The number of aromatic amines is 1. The van der Waals surface area contributed by atoms with Gasteiger partial charge in [0.05, 0.1) is 20.0 Å². The monoisotopic (exact) mass is 398 g/mol. The van der Waals surface area contributed by atoms with Crippen molar-refractivity contribution in [2.45, 2.75) is 11.7 Å². The summed E-state index contributed by atoms with van der Waals surface area (Å²) in [4.78, 5) is 18.5. The number of carbonyl (C=O) groups is 1. The minimum atomic E-state index is 0.00335. The Bertz CT molecular complexity index is 927. The molecule has 1 N–H and O–H groups in total. The maximum atomic E-state index is 12.4. The molecule has 3 aromatic rings. The first-order valence-electron chi connectivity index (χ1n) is 8.65. The largest absolute Gasteiger partial charge is 0.497 e. The lowest BCUT2D eigenvalue weighted by atomic mass is 10.2. The van der Waals surface area contributed by atoms with Crippen LogP contribution in [-0.4, -0.2) is 53.0 Å². The molecule has 0 radical (unpaired) electrons. The zero-order valence-corrected chi connectivity index (χ0v) is 16.8. The molecule has 0 aliphatic heterocycles. The van der Waals surface area contributed by atoms with Crippen LogP contribution in [0.5, 0.6) is 11.5 Å². The average Bonchev–Trinajstić information content (AvgIpc) is 3.21.